The molecule has 5 rings (SSSR count). The number of carbonyl (C=O) groups excluding carboxylic acids is 1. The lowest BCUT2D eigenvalue weighted by molar-refractivity contribution is 0.0714. The summed E-state index contributed by atoms with van der Waals surface area (Å²) in [4.78, 5) is 15.8. The number of aromatic nitrogens is 1. The van der Waals surface area contributed by atoms with Crippen LogP contribution in [0.4, 0.5) is 4.39 Å². The van der Waals surface area contributed by atoms with Crippen LogP contribution in [0.3, 0.4) is 0 Å². The standard InChI is InChI=1S/C30H30Cl2FN3O2.ClH/c1-38-12-11-36-18-26(29-24(3-2-4-28(29)36)21-14-22(31)16-23(32)15-21)30(37)35-9-7-20(8-10-35)25-13-19(17-34)5-6-27(25)33;/h2-6,13-16,18,20H,7-12,17,34H2,1H3;1H. The Hall–Kier alpha value is -2.61. The maximum Gasteiger partial charge on any atom is 0.256 e. The fraction of sp³-hybridized carbons (Fsp3) is 0.300. The minimum Gasteiger partial charge on any atom is -0.383 e. The zero-order valence-electron chi connectivity index (χ0n) is 21.6. The molecule has 0 spiro atoms. The fourth-order valence-corrected chi connectivity index (χ4v) is 5.96. The van der Waals surface area contributed by atoms with Crippen molar-refractivity contribution in [3.63, 3.8) is 0 Å². The van der Waals surface area contributed by atoms with Crippen molar-refractivity contribution in [1.29, 1.82) is 0 Å². The third-order valence-corrected chi connectivity index (χ3v) is 7.80. The largest absolute Gasteiger partial charge is 0.383 e. The smallest absolute Gasteiger partial charge is 0.256 e. The van der Waals surface area contributed by atoms with E-state index in [9.17, 15) is 9.18 Å². The highest BCUT2D eigenvalue weighted by atomic mass is 35.5. The Morgan fingerprint density at radius 3 is 2.46 bits per heavy atom. The van der Waals surface area contributed by atoms with Crippen molar-refractivity contribution in [2.24, 2.45) is 5.73 Å². The van der Waals surface area contributed by atoms with E-state index in [0.29, 0.717) is 66.8 Å². The van der Waals surface area contributed by atoms with Gasteiger partial charge in [-0.25, -0.2) is 4.39 Å². The molecule has 0 unspecified atom stereocenters. The summed E-state index contributed by atoms with van der Waals surface area (Å²) in [6.45, 7) is 2.59. The second-order valence-electron chi connectivity index (χ2n) is 9.71. The van der Waals surface area contributed by atoms with Crippen molar-refractivity contribution < 1.29 is 13.9 Å². The molecule has 0 atom stereocenters. The second kappa shape index (κ2) is 12.7. The van der Waals surface area contributed by atoms with Crippen LogP contribution >= 0.6 is 35.6 Å². The molecule has 39 heavy (non-hydrogen) atoms. The molecule has 1 aromatic heterocycles. The first-order valence-electron chi connectivity index (χ1n) is 12.7. The lowest BCUT2D eigenvalue weighted by Gasteiger charge is -2.32. The van der Waals surface area contributed by atoms with Crippen LogP contribution in [-0.4, -0.2) is 42.2 Å². The molecule has 3 aromatic carbocycles. The van der Waals surface area contributed by atoms with Crippen LogP contribution in [0.2, 0.25) is 10.0 Å². The Kier molecular flexibility index (Phi) is 9.57. The third-order valence-electron chi connectivity index (χ3n) is 7.36. The monoisotopic (exact) mass is 589 g/mol. The number of nitrogens with zero attached hydrogens (tertiary/aromatic N) is 2. The van der Waals surface area contributed by atoms with Gasteiger partial charge in [-0.05, 0) is 71.3 Å². The molecule has 2 heterocycles. The van der Waals surface area contributed by atoms with Crippen LogP contribution in [0.25, 0.3) is 22.0 Å². The summed E-state index contributed by atoms with van der Waals surface area (Å²) in [5, 5.41) is 1.92. The van der Waals surface area contributed by atoms with Crippen molar-refractivity contribution in [3.8, 4) is 11.1 Å². The average molecular weight is 591 g/mol. The van der Waals surface area contributed by atoms with E-state index in [-0.39, 0.29) is 30.0 Å². The van der Waals surface area contributed by atoms with Gasteiger partial charge in [0.05, 0.1) is 12.2 Å². The molecule has 0 aliphatic carbocycles. The fourth-order valence-electron chi connectivity index (χ4n) is 5.44. The molecule has 1 aliphatic rings. The van der Waals surface area contributed by atoms with E-state index in [0.717, 1.165) is 27.6 Å². The molecule has 2 N–H and O–H groups in total. The Bertz CT molecular complexity index is 1460. The van der Waals surface area contributed by atoms with Gasteiger partial charge in [-0.15, -0.1) is 12.4 Å². The number of halogens is 4. The van der Waals surface area contributed by atoms with Crippen LogP contribution in [0, 0.1) is 5.82 Å². The number of carbonyl (C=O) groups is 1. The molecule has 1 fully saturated rings. The number of hydrogen-bond donors (Lipinski definition) is 1. The van der Waals surface area contributed by atoms with E-state index >= 15 is 0 Å². The van der Waals surface area contributed by atoms with Gasteiger partial charge in [0, 0.05) is 60.4 Å². The molecule has 0 saturated carbocycles. The quantitative estimate of drug-likeness (QED) is 0.246. The molecule has 4 aromatic rings. The summed E-state index contributed by atoms with van der Waals surface area (Å²) >= 11 is 12.7. The number of hydrogen-bond acceptors (Lipinski definition) is 3. The van der Waals surface area contributed by atoms with Gasteiger partial charge in [-0.2, -0.15) is 0 Å². The molecule has 0 radical (unpaired) electrons. The Morgan fingerprint density at radius 2 is 1.79 bits per heavy atom. The predicted molar refractivity (Wildman–Crippen MR) is 159 cm³/mol. The molecular weight excluding hydrogens is 560 g/mol. The van der Waals surface area contributed by atoms with Gasteiger partial charge in [0.1, 0.15) is 5.82 Å². The maximum absolute atomic E-state index is 14.6. The first kappa shape index (κ1) is 29.4. The van der Waals surface area contributed by atoms with Gasteiger partial charge in [0.25, 0.3) is 5.91 Å². The van der Waals surface area contributed by atoms with Crippen LogP contribution < -0.4 is 5.73 Å². The number of ether oxygens (including phenoxy) is 1. The van der Waals surface area contributed by atoms with Gasteiger partial charge < -0.3 is 19.9 Å². The van der Waals surface area contributed by atoms with E-state index in [4.69, 9.17) is 33.7 Å². The molecule has 1 saturated heterocycles. The van der Waals surface area contributed by atoms with Crippen LogP contribution in [0.5, 0.6) is 0 Å². The Labute approximate surface area is 244 Å². The third kappa shape index (κ3) is 6.11. The van der Waals surface area contributed by atoms with E-state index in [2.05, 4.69) is 4.57 Å². The molecule has 1 aliphatic heterocycles. The predicted octanol–water partition coefficient (Wildman–Crippen LogP) is 7.30. The summed E-state index contributed by atoms with van der Waals surface area (Å²) in [6.07, 6.45) is 3.30. The second-order valence-corrected chi connectivity index (χ2v) is 10.6. The number of benzene rings is 3. The van der Waals surface area contributed by atoms with Crippen molar-refractivity contribution in [1.82, 2.24) is 9.47 Å². The van der Waals surface area contributed by atoms with Crippen molar-refractivity contribution in [3.05, 3.63) is 93.3 Å². The van der Waals surface area contributed by atoms with E-state index < -0.39 is 0 Å². The average Bonchev–Trinajstić information content (AvgIpc) is 3.30. The first-order chi connectivity index (χ1) is 18.4. The minimum atomic E-state index is -0.210. The summed E-state index contributed by atoms with van der Waals surface area (Å²) in [5.41, 5.74) is 10.7. The van der Waals surface area contributed by atoms with Gasteiger partial charge >= 0.3 is 0 Å². The zero-order valence-corrected chi connectivity index (χ0v) is 24.0. The zero-order chi connectivity index (χ0) is 26.8. The Balaban J connectivity index is 0.00000353. The van der Waals surface area contributed by atoms with E-state index in [1.54, 1.807) is 19.2 Å². The molecule has 5 nitrogen and oxygen atoms in total. The van der Waals surface area contributed by atoms with Gasteiger partial charge in [0.15, 0.2) is 0 Å². The molecular formula is C30H31Cl3FN3O2. The summed E-state index contributed by atoms with van der Waals surface area (Å²) in [5.74, 6) is -0.197. The van der Waals surface area contributed by atoms with E-state index in [1.807, 2.05) is 47.5 Å². The SMILES string of the molecule is COCCn1cc(C(=O)N2CCC(c3cc(CN)ccc3F)CC2)c2c(-c3cc(Cl)cc(Cl)c3)cccc21.Cl. The van der Waals surface area contributed by atoms with Gasteiger partial charge in [0.2, 0.25) is 0 Å². The minimum absolute atomic E-state index is 0. The molecule has 1 amide bonds. The highest BCUT2D eigenvalue weighted by Crippen LogP contribution is 2.37. The number of nitrogens with two attached hydrogens (primary N) is 1. The number of rotatable bonds is 7. The van der Waals surface area contributed by atoms with Crippen LogP contribution in [-0.2, 0) is 17.8 Å². The number of methoxy groups -OCH3 is 1. The van der Waals surface area contributed by atoms with Gasteiger partial charge in [-0.3, -0.25) is 4.79 Å². The topological polar surface area (TPSA) is 60.5 Å². The molecule has 0 bridgehead atoms. The van der Waals surface area contributed by atoms with Crippen molar-refractivity contribution in [2.45, 2.75) is 31.8 Å². The maximum atomic E-state index is 14.6. The number of likely N-dealkylation sites (tertiary alicyclic amines) is 1. The number of piperidine rings is 1. The normalized spacial score (nSPS) is 14.0. The Morgan fingerprint density at radius 1 is 1.08 bits per heavy atom. The first-order valence-corrected chi connectivity index (χ1v) is 13.5. The van der Waals surface area contributed by atoms with Crippen molar-refractivity contribution in [2.75, 3.05) is 26.8 Å². The van der Waals surface area contributed by atoms with Crippen LogP contribution in [0.15, 0.2) is 60.8 Å². The summed E-state index contributed by atoms with van der Waals surface area (Å²) < 4.78 is 22.0. The van der Waals surface area contributed by atoms with Gasteiger partial charge in [-0.1, -0.05) is 47.5 Å². The number of amides is 1. The summed E-state index contributed by atoms with van der Waals surface area (Å²) in [7, 11) is 1.66. The summed E-state index contributed by atoms with van der Waals surface area (Å²) in [6, 6.07) is 16.5. The van der Waals surface area contributed by atoms with Crippen LogP contribution in [0.1, 0.15) is 40.2 Å². The molecule has 206 valence electrons. The highest BCUT2D eigenvalue weighted by molar-refractivity contribution is 6.35. The lowest BCUT2D eigenvalue weighted by Crippen LogP contribution is -2.38. The van der Waals surface area contributed by atoms with Crippen molar-refractivity contribution >= 4 is 52.4 Å². The highest BCUT2D eigenvalue weighted by Gasteiger charge is 2.29. The van der Waals surface area contributed by atoms with E-state index in [1.165, 1.54) is 6.07 Å². The molecule has 9 heteroatoms. The lowest BCUT2D eigenvalue weighted by atomic mass is 9.88. The number of fused-ring (bicyclic) bond motifs is 1.